The van der Waals surface area contributed by atoms with Gasteiger partial charge in [-0.05, 0) is 98.0 Å². The van der Waals surface area contributed by atoms with Crippen molar-refractivity contribution in [1.82, 2.24) is 0 Å². The molecule has 4 unspecified atom stereocenters. The number of Topliss-reactive ketones (excluding diaryl/α,β-unsaturated/α-hetero) is 2. The van der Waals surface area contributed by atoms with Gasteiger partial charge in [-0.15, -0.1) is 0 Å². The van der Waals surface area contributed by atoms with Crippen molar-refractivity contribution in [1.29, 1.82) is 0 Å². The largest absolute Gasteiger partial charge is 0.744 e. The van der Waals surface area contributed by atoms with E-state index in [0.29, 0.717) is 60.2 Å². The lowest BCUT2D eigenvalue weighted by atomic mass is 9.46. The smallest absolute Gasteiger partial charge is 0.139 e. The molecule has 0 aliphatic heterocycles. The van der Waals surface area contributed by atoms with E-state index in [9.17, 15) is 22.6 Å². The molecule has 9 rings (SSSR count). The van der Waals surface area contributed by atoms with E-state index in [4.69, 9.17) is 0 Å². The van der Waals surface area contributed by atoms with E-state index in [1.54, 1.807) is 0 Å². The third kappa shape index (κ3) is 2.51. The molecule has 0 spiro atoms. The van der Waals surface area contributed by atoms with Crippen LogP contribution in [0.25, 0.3) is 0 Å². The van der Waals surface area contributed by atoms with Gasteiger partial charge in [-0.3, -0.25) is 9.59 Å². The van der Waals surface area contributed by atoms with Crippen LogP contribution in [0.15, 0.2) is 23.1 Å². The van der Waals surface area contributed by atoms with Crippen LogP contribution in [0.1, 0.15) is 75.3 Å². The quantitative estimate of drug-likeness (QED) is 0.648. The minimum atomic E-state index is -4.70. The highest BCUT2D eigenvalue weighted by Gasteiger charge is 2.59. The number of hydrogen-bond donors (Lipinski definition) is 0. The van der Waals surface area contributed by atoms with Crippen molar-refractivity contribution in [3.8, 4) is 0 Å². The van der Waals surface area contributed by atoms with Gasteiger partial charge in [0, 0.05) is 23.7 Å². The van der Waals surface area contributed by atoms with Gasteiger partial charge in [-0.25, -0.2) is 8.42 Å². The Morgan fingerprint density at radius 2 is 1.06 bits per heavy atom. The van der Waals surface area contributed by atoms with Crippen molar-refractivity contribution < 1.29 is 22.6 Å². The third-order valence-corrected chi connectivity index (χ3v) is 11.3. The highest BCUT2D eigenvalue weighted by atomic mass is 32.2. The molecule has 5 nitrogen and oxygen atoms in total. The molecule has 8 saturated carbocycles. The molecule has 1 aromatic rings. The summed E-state index contributed by atoms with van der Waals surface area (Å²) >= 11 is 0. The lowest BCUT2D eigenvalue weighted by molar-refractivity contribution is -0.142. The van der Waals surface area contributed by atoms with E-state index in [1.807, 2.05) is 18.2 Å². The second-order valence-electron chi connectivity index (χ2n) is 12.2. The number of benzene rings is 1. The first-order valence-electron chi connectivity index (χ1n) is 12.3. The van der Waals surface area contributed by atoms with Gasteiger partial charge in [-0.2, -0.15) is 0 Å². The second-order valence-corrected chi connectivity index (χ2v) is 13.5. The number of carbonyl (C=O) groups is 2. The Labute approximate surface area is 189 Å². The molecule has 170 valence electrons. The van der Waals surface area contributed by atoms with Crippen LogP contribution in [0.5, 0.6) is 0 Å². The summed E-state index contributed by atoms with van der Waals surface area (Å²) in [4.78, 5) is 25.5. The molecule has 8 aliphatic carbocycles. The van der Waals surface area contributed by atoms with E-state index in [-0.39, 0.29) is 39.4 Å². The lowest BCUT2D eigenvalue weighted by Gasteiger charge is -2.58. The highest BCUT2D eigenvalue weighted by molar-refractivity contribution is 7.85. The maximum atomic E-state index is 12.9. The number of ketones is 2. The molecule has 8 aliphatic rings. The van der Waals surface area contributed by atoms with Crippen molar-refractivity contribution in [2.45, 2.75) is 79.9 Å². The van der Waals surface area contributed by atoms with Gasteiger partial charge in [0.25, 0.3) is 0 Å². The van der Waals surface area contributed by atoms with Crippen molar-refractivity contribution in [3.63, 3.8) is 0 Å². The second kappa shape index (κ2) is 6.12. The van der Waals surface area contributed by atoms with Gasteiger partial charge in [-0.1, -0.05) is 18.2 Å². The Morgan fingerprint density at radius 3 is 1.41 bits per heavy atom. The Morgan fingerprint density at radius 1 is 0.688 bits per heavy atom. The first kappa shape index (κ1) is 19.9. The molecule has 0 N–H and O–H groups in total. The Balaban J connectivity index is 1.41. The zero-order chi connectivity index (χ0) is 22.0. The molecule has 0 aromatic heterocycles. The SMILES string of the molecule is O=C1C2CC3CC1CC(c1cccc(C45CC6CC(C4)C(=O)C(C6)C5)c1S(=O)(=O)[O-])(C3)C2. The fraction of sp³-hybridized carbons (Fsp3) is 0.692. The van der Waals surface area contributed by atoms with E-state index < -0.39 is 10.1 Å². The van der Waals surface area contributed by atoms with Gasteiger partial charge >= 0.3 is 0 Å². The first-order chi connectivity index (χ1) is 15.2. The van der Waals surface area contributed by atoms with Crippen LogP contribution in [0, 0.1) is 35.5 Å². The number of carbonyl (C=O) groups excluding carboxylic acids is 2. The molecule has 32 heavy (non-hydrogen) atoms. The van der Waals surface area contributed by atoms with Gasteiger partial charge in [0.1, 0.15) is 21.7 Å². The summed E-state index contributed by atoms with van der Waals surface area (Å²) in [5.41, 5.74) is 0.648. The Hall–Kier alpha value is -1.53. The summed E-state index contributed by atoms with van der Waals surface area (Å²) < 4.78 is 38.7. The Bertz CT molecular complexity index is 1060. The number of hydrogen-bond acceptors (Lipinski definition) is 5. The fourth-order valence-corrected chi connectivity index (χ4v) is 10.9. The van der Waals surface area contributed by atoms with Crippen LogP contribution in [0.4, 0.5) is 0 Å². The summed E-state index contributed by atoms with van der Waals surface area (Å²) in [6.45, 7) is 0. The summed E-state index contributed by atoms with van der Waals surface area (Å²) in [6.07, 6.45) is 8.21. The summed E-state index contributed by atoms with van der Waals surface area (Å²) in [5.74, 6) is 1.70. The molecule has 4 atom stereocenters. The summed E-state index contributed by atoms with van der Waals surface area (Å²) in [5, 5.41) is 0. The maximum absolute atomic E-state index is 12.9. The van der Waals surface area contributed by atoms with E-state index in [1.165, 1.54) is 0 Å². The third-order valence-electron chi connectivity index (χ3n) is 10.4. The molecular formula is C26H29O5S-. The van der Waals surface area contributed by atoms with Crippen LogP contribution in [0.3, 0.4) is 0 Å². The van der Waals surface area contributed by atoms with E-state index >= 15 is 0 Å². The van der Waals surface area contributed by atoms with Crippen molar-refractivity contribution in [2.24, 2.45) is 35.5 Å². The lowest BCUT2D eigenvalue weighted by Crippen LogP contribution is -2.55. The molecule has 0 amide bonds. The summed E-state index contributed by atoms with van der Waals surface area (Å²) in [7, 11) is -4.70. The standard InChI is InChI=1S/C26H30O5S/c27-22-16-4-14-5-17(22)11-25(8-14,10-16)20-2-1-3-21(24(20)32(29,30)31)26-9-15-6-18(12-26)23(28)19(7-15)13-26/h1-3,14-19H,4-13H2,(H,29,30,31)/p-1. The zero-order valence-electron chi connectivity index (χ0n) is 18.2. The average Bonchev–Trinajstić information content (AvgIpc) is 2.73. The number of rotatable bonds is 3. The molecule has 0 radical (unpaired) electrons. The minimum Gasteiger partial charge on any atom is -0.744 e. The molecule has 8 bridgehead atoms. The summed E-state index contributed by atoms with van der Waals surface area (Å²) in [6, 6.07) is 5.69. The minimum absolute atomic E-state index is 0.0174. The van der Waals surface area contributed by atoms with Crippen molar-refractivity contribution >= 4 is 21.7 Å². The van der Waals surface area contributed by atoms with Gasteiger partial charge in [0.15, 0.2) is 0 Å². The van der Waals surface area contributed by atoms with Gasteiger partial charge in [0.2, 0.25) is 0 Å². The molecule has 0 saturated heterocycles. The molecule has 8 fully saturated rings. The van der Waals surface area contributed by atoms with Crippen LogP contribution < -0.4 is 0 Å². The first-order valence-corrected chi connectivity index (χ1v) is 13.8. The fourth-order valence-electron chi connectivity index (χ4n) is 9.80. The monoisotopic (exact) mass is 453 g/mol. The van der Waals surface area contributed by atoms with Crippen LogP contribution >= 0.6 is 0 Å². The predicted octanol–water partition coefficient (Wildman–Crippen LogP) is 3.88. The van der Waals surface area contributed by atoms with Gasteiger partial charge in [0.05, 0.1) is 4.90 Å². The van der Waals surface area contributed by atoms with Crippen LogP contribution in [0.2, 0.25) is 0 Å². The predicted molar refractivity (Wildman–Crippen MR) is 115 cm³/mol. The van der Waals surface area contributed by atoms with Gasteiger partial charge < -0.3 is 4.55 Å². The molecular weight excluding hydrogens is 424 g/mol. The molecule has 1 aromatic carbocycles. The molecule has 0 heterocycles. The normalized spacial score (nSPS) is 46.3. The van der Waals surface area contributed by atoms with Crippen LogP contribution in [-0.2, 0) is 30.5 Å². The maximum Gasteiger partial charge on any atom is 0.139 e. The highest BCUT2D eigenvalue weighted by Crippen LogP contribution is 2.63. The van der Waals surface area contributed by atoms with Crippen LogP contribution in [-0.4, -0.2) is 24.5 Å². The van der Waals surface area contributed by atoms with E-state index in [0.717, 1.165) is 38.5 Å². The zero-order valence-corrected chi connectivity index (χ0v) is 19.0. The topological polar surface area (TPSA) is 91.3 Å². The van der Waals surface area contributed by atoms with Crippen molar-refractivity contribution in [2.75, 3.05) is 0 Å². The average molecular weight is 454 g/mol. The van der Waals surface area contributed by atoms with Crippen molar-refractivity contribution in [3.05, 3.63) is 29.3 Å². The van der Waals surface area contributed by atoms with E-state index in [2.05, 4.69) is 0 Å². The molecule has 6 heteroatoms. The Kier molecular flexibility index (Phi) is 3.81.